The third-order valence-corrected chi connectivity index (χ3v) is 8.66. The molecule has 1 saturated heterocycles. The molecule has 1 saturated carbocycles. The Labute approximate surface area is 181 Å². The highest BCUT2D eigenvalue weighted by atomic mass is 32.2. The molecule has 0 radical (unpaired) electrons. The maximum Gasteiger partial charge on any atom is 0.316 e. The van der Waals surface area contributed by atoms with Crippen molar-refractivity contribution in [3.05, 3.63) is 59.9 Å². The summed E-state index contributed by atoms with van der Waals surface area (Å²) in [6.07, 6.45) is 6.78. The van der Waals surface area contributed by atoms with E-state index in [2.05, 4.69) is 16.0 Å². The largest absolute Gasteiger partial charge is 0.468 e. The van der Waals surface area contributed by atoms with Gasteiger partial charge in [-0.05, 0) is 67.0 Å². The summed E-state index contributed by atoms with van der Waals surface area (Å²) < 4.78 is 32.8. The number of nitrogens with one attached hydrogen (secondary N) is 1. The van der Waals surface area contributed by atoms with E-state index in [1.165, 1.54) is 12.7 Å². The predicted molar refractivity (Wildman–Crippen MR) is 116 cm³/mol. The number of nitrogens with zero attached hydrogens (tertiary/aromatic N) is 2. The van der Waals surface area contributed by atoms with E-state index in [0.29, 0.717) is 19.0 Å². The molecule has 2 aromatic heterocycles. The molecule has 0 atom stereocenters. The summed E-state index contributed by atoms with van der Waals surface area (Å²) in [4.78, 5) is 19.9. The van der Waals surface area contributed by atoms with Crippen LogP contribution in [0.4, 0.5) is 0 Å². The van der Waals surface area contributed by atoms with Crippen LogP contribution in [0.1, 0.15) is 42.7 Å². The molecule has 8 heteroatoms. The van der Waals surface area contributed by atoms with E-state index < -0.39 is 15.4 Å². The molecule has 162 valence electrons. The Balaban J connectivity index is 1.30. The Hall–Kier alpha value is -2.71. The summed E-state index contributed by atoms with van der Waals surface area (Å²) in [5.41, 5.74) is 2.31. The van der Waals surface area contributed by atoms with Crippen molar-refractivity contribution in [2.75, 3.05) is 20.2 Å². The first kappa shape index (κ1) is 20.2. The molecule has 1 N–H and O–H groups in total. The van der Waals surface area contributed by atoms with Gasteiger partial charge in [0.25, 0.3) is 0 Å². The highest BCUT2D eigenvalue weighted by Gasteiger charge is 2.52. The molecule has 0 bridgehead atoms. The van der Waals surface area contributed by atoms with Crippen LogP contribution in [0.2, 0.25) is 0 Å². The first-order valence-electron chi connectivity index (χ1n) is 10.6. The van der Waals surface area contributed by atoms with Gasteiger partial charge in [-0.15, -0.1) is 0 Å². The molecule has 31 heavy (non-hydrogen) atoms. The number of ether oxygens (including phenoxy) is 1. The lowest BCUT2D eigenvalue weighted by atomic mass is 9.90. The van der Waals surface area contributed by atoms with Crippen molar-refractivity contribution in [2.45, 2.75) is 41.9 Å². The summed E-state index contributed by atoms with van der Waals surface area (Å²) in [6, 6.07) is 10.7. The lowest BCUT2D eigenvalue weighted by Crippen LogP contribution is -2.37. The number of methoxy groups -OCH3 is 1. The normalized spacial score (nSPS) is 19.4. The van der Waals surface area contributed by atoms with Gasteiger partial charge in [-0.3, -0.25) is 4.79 Å². The number of carbonyl (C=O) groups is 1. The fourth-order valence-corrected chi connectivity index (χ4v) is 6.22. The fourth-order valence-electron chi connectivity index (χ4n) is 4.75. The first-order chi connectivity index (χ1) is 15.0. The van der Waals surface area contributed by atoms with E-state index >= 15 is 0 Å². The number of rotatable bonds is 5. The second-order valence-electron chi connectivity index (χ2n) is 8.42. The second kappa shape index (κ2) is 7.46. The van der Waals surface area contributed by atoms with Gasteiger partial charge in [-0.2, -0.15) is 4.31 Å². The Morgan fingerprint density at radius 3 is 2.52 bits per heavy atom. The van der Waals surface area contributed by atoms with E-state index in [1.807, 2.05) is 12.3 Å². The number of hydrogen-bond acceptors (Lipinski definition) is 5. The van der Waals surface area contributed by atoms with Crippen molar-refractivity contribution in [3.63, 3.8) is 0 Å². The molecule has 1 aliphatic heterocycles. The molecular weight excluding hydrogens is 414 g/mol. The first-order valence-corrected chi connectivity index (χ1v) is 12.0. The molecule has 1 aliphatic carbocycles. The van der Waals surface area contributed by atoms with Crippen molar-refractivity contribution in [1.29, 1.82) is 0 Å². The average Bonchev–Trinajstić information content (AvgIpc) is 3.51. The molecule has 0 spiro atoms. The number of benzene rings is 1. The minimum absolute atomic E-state index is 0.252. The third kappa shape index (κ3) is 3.34. The maximum atomic E-state index is 13.2. The topological polar surface area (TPSA) is 92.4 Å². The molecule has 7 nitrogen and oxygen atoms in total. The third-order valence-electron chi connectivity index (χ3n) is 6.75. The van der Waals surface area contributed by atoms with Crippen LogP contribution in [0, 0.1) is 0 Å². The standard InChI is InChI=1S/C23H25N3O4S/c1-30-22(27)23(10-11-23)17-4-6-18(7-5-17)31(28,29)26-13-8-16(9-14-26)20-15-25-21-19(20)3-2-12-24-21/h2-7,12,15-16H,8-11,13-14H2,1H3,(H,24,25). The molecule has 2 fully saturated rings. The number of hydrogen-bond donors (Lipinski definition) is 1. The number of carbonyl (C=O) groups excluding carboxylic acids is 1. The van der Waals surface area contributed by atoms with Crippen LogP contribution in [0.15, 0.2) is 53.7 Å². The fraction of sp³-hybridized carbons (Fsp3) is 0.391. The minimum atomic E-state index is -3.57. The van der Waals surface area contributed by atoms with Crippen molar-refractivity contribution in [1.82, 2.24) is 14.3 Å². The molecule has 3 heterocycles. The number of piperidine rings is 1. The zero-order valence-electron chi connectivity index (χ0n) is 17.4. The lowest BCUT2D eigenvalue weighted by molar-refractivity contribution is -0.143. The molecule has 0 amide bonds. The van der Waals surface area contributed by atoms with Crippen LogP contribution in [0.25, 0.3) is 11.0 Å². The smallest absolute Gasteiger partial charge is 0.316 e. The number of pyridine rings is 1. The quantitative estimate of drug-likeness (QED) is 0.616. The predicted octanol–water partition coefficient (Wildman–Crippen LogP) is 3.34. The summed E-state index contributed by atoms with van der Waals surface area (Å²) in [6.45, 7) is 0.960. The van der Waals surface area contributed by atoms with Crippen LogP contribution in [0.3, 0.4) is 0 Å². The van der Waals surface area contributed by atoms with Gasteiger partial charge in [0.2, 0.25) is 10.0 Å². The Morgan fingerprint density at radius 1 is 1.16 bits per heavy atom. The molecular formula is C23H25N3O4S. The maximum absolute atomic E-state index is 13.2. The lowest BCUT2D eigenvalue weighted by Gasteiger charge is -2.31. The zero-order valence-corrected chi connectivity index (χ0v) is 18.2. The van der Waals surface area contributed by atoms with E-state index in [-0.39, 0.29) is 10.9 Å². The van der Waals surface area contributed by atoms with Crippen LogP contribution in [0.5, 0.6) is 0 Å². The van der Waals surface area contributed by atoms with Crippen molar-refractivity contribution >= 4 is 27.0 Å². The van der Waals surface area contributed by atoms with Gasteiger partial charge in [-0.25, -0.2) is 13.4 Å². The van der Waals surface area contributed by atoms with Crippen LogP contribution in [-0.2, 0) is 25.0 Å². The molecule has 1 aromatic carbocycles. The Morgan fingerprint density at radius 2 is 1.87 bits per heavy atom. The van der Waals surface area contributed by atoms with Gasteiger partial charge in [0.15, 0.2) is 0 Å². The van der Waals surface area contributed by atoms with E-state index in [1.54, 1.807) is 34.8 Å². The zero-order chi connectivity index (χ0) is 21.6. The summed E-state index contributed by atoms with van der Waals surface area (Å²) in [5.74, 6) is 0.0548. The second-order valence-corrected chi connectivity index (χ2v) is 10.4. The number of sulfonamides is 1. The SMILES string of the molecule is COC(=O)C1(c2ccc(S(=O)(=O)N3CCC(c4c[nH]c5ncccc45)CC3)cc2)CC1. The van der Waals surface area contributed by atoms with E-state index in [9.17, 15) is 13.2 Å². The van der Waals surface area contributed by atoms with Crippen molar-refractivity contribution in [2.24, 2.45) is 0 Å². The van der Waals surface area contributed by atoms with Gasteiger partial charge in [0.1, 0.15) is 5.65 Å². The number of fused-ring (bicyclic) bond motifs is 1. The van der Waals surface area contributed by atoms with Crippen molar-refractivity contribution in [3.8, 4) is 0 Å². The van der Waals surface area contributed by atoms with Crippen molar-refractivity contribution < 1.29 is 17.9 Å². The van der Waals surface area contributed by atoms with Gasteiger partial charge >= 0.3 is 5.97 Å². The Bertz CT molecular complexity index is 1220. The van der Waals surface area contributed by atoms with Crippen LogP contribution >= 0.6 is 0 Å². The molecule has 3 aromatic rings. The monoisotopic (exact) mass is 439 g/mol. The molecule has 0 unspecified atom stereocenters. The van der Waals surface area contributed by atoms with Gasteiger partial charge in [0, 0.05) is 30.9 Å². The number of H-pyrrole nitrogens is 1. The van der Waals surface area contributed by atoms with E-state index in [0.717, 1.165) is 42.3 Å². The molecule has 2 aliphatic rings. The minimum Gasteiger partial charge on any atom is -0.468 e. The van der Waals surface area contributed by atoms with Crippen LogP contribution in [-0.4, -0.2) is 48.9 Å². The van der Waals surface area contributed by atoms with Gasteiger partial charge in [-0.1, -0.05) is 12.1 Å². The number of esters is 1. The Kier molecular flexibility index (Phi) is 4.86. The summed E-state index contributed by atoms with van der Waals surface area (Å²) in [7, 11) is -2.18. The van der Waals surface area contributed by atoms with Crippen LogP contribution < -0.4 is 0 Å². The number of aromatic amines is 1. The van der Waals surface area contributed by atoms with E-state index in [4.69, 9.17) is 4.74 Å². The van der Waals surface area contributed by atoms with Gasteiger partial charge in [0.05, 0.1) is 17.4 Å². The number of aromatic nitrogens is 2. The summed E-state index contributed by atoms with van der Waals surface area (Å²) in [5, 5.41) is 1.11. The highest BCUT2D eigenvalue weighted by molar-refractivity contribution is 7.89. The highest BCUT2D eigenvalue weighted by Crippen LogP contribution is 2.49. The van der Waals surface area contributed by atoms with Gasteiger partial charge < -0.3 is 9.72 Å². The molecule has 5 rings (SSSR count). The summed E-state index contributed by atoms with van der Waals surface area (Å²) >= 11 is 0. The average molecular weight is 440 g/mol.